The van der Waals surface area contributed by atoms with Gasteiger partial charge in [0.05, 0.1) is 16.6 Å². The van der Waals surface area contributed by atoms with Crippen molar-refractivity contribution in [1.29, 1.82) is 0 Å². The van der Waals surface area contributed by atoms with E-state index in [0.29, 0.717) is 12.1 Å². The Morgan fingerprint density at radius 3 is 2.19 bits per heavy atom. The van der Waals surface area contributed by atoms with Crippen LogP contribution in [0.3, 0.4) is 0 Å². The molecule has 0 fully saturated rings. The zero-order valence-corrected chi connectivity index (χ0v) is 7.51. The molecule has 2 N–H and O–H groups in total. The molecule has 0 aliphatic rings. The van der Waals surface area contributed by atoms with Crippen molar-refractivity contribution in [2.75, 3.05) is 0 Å². The number of carboxylic acid groups (broad SMARTS) is 2. The zero-order valence-electron chi connectivity index (χ0n) is 7.51. The Hall–Kier alpha value is -2.51. The molecule has 0 aliphatic carbocycles. The average molecular weight is 229 g/mol. The lowest BCUT2D eigenvalue weighted by Gasteiger charge is -2.02. The number of carboxylic acids is 2. The minimum absolute atomic E-state index is 0.357. The maximum atomic E-state index is 12.8. The second-order valence-corrected chi connectivity index (χ2v) is 2.71. The van der Waals surface area contributed by atoms with Gasteiger partial charge in [0.15, 0.2) is 5.56 Å². The molecule has 84 valence electrons. The van der Waals surface area contributed by atoms with Crippen molar-refractivity contribution >= 4 is 17.6 Å². The Morgan fingerprint density at radius 1 is 1.25 bits per heavy atom. The van der Waals surface area contributed by atoms with Crippen LogP contribution in [0.5, 0.6) is 0 Å². The minimum atomic E-state index is -1.80. The van der Waals surface area contributed by atoms with Crippen LogP contribution >= 0.6 is 0 Å². The Labute approximate surface area is 86.9 Å². The van der Waals surface area contributed by atoms with Gasteiger partial charge in [-0.1, -0.05) is 0 Å². The summed E-state index contributed by atoms with van der Waals surface area (Å²) in [5, 5.41) is 27.7. The Morgan fingerprint density at radius 2 is 1.81 bits per heavy atom. The number of halogens is 1. The molecular formula is C8H4FNO6. The number of aromatic carboxylic acids is 2. The van der Waals surface area contributed by atoms with Gasteiger partial charge in [-0.3, -0.25) is 10.1 Å². The van der Waals surface area contributed by atoms with Crippen LogP contribution in [0.4, 0.5) is 10.1 Å². The van der Waals surface area contributed by atoms with Crippen LogP contribution in [0.15, 0.2) is 12.1 Å². The van der Waals surface area contributed by atoms with E-state index in [2.05, 4.69) is 0 Å². The number of nitro benzene ring substituents is 1. The average Bonchev–Trinajstić information content (AvgIpc) is 2.15. The van der Waals surface area contributed by atoms with Crippen molar-refractivity contribution in [1.82, 2.24) is 0 Å². The van der Waals surface area contributed by atoms with Gasteiger partial charge in [0.1, 0.15) is 5.82 Å². The predicted molar refractivity (Wildman–Crippen MR) is 47.0 cm³/mol. The Balaban J connectivity index is 3.67. The van der Waals surface area contributed by atoms with E-state index in [9.17, 15) is 24.1 Å². The topological polar surface area (TPSA) is 118 Å². The monoisotopic (exact) mass is 229 g/mol. The first kappa shape index (κ1) is 11.6. The summed E-state index contributed by atoms with van der Waals surface area (Å²) in [6, 6.07) is 0.772. The highest BCUT2D eigenvalue weighted by molar-refractivity contribution is 6.04. The molecule has 0 spiro atoms. The molecule has 0 bridgehead atoms. The number of nitrogens with zero attached hydrogens (tertiary/aromatic N) is 1. The van der Waals surface area contributed by atoms with Gasteiger partial charge in [0, 0.05) is 0 Å². The van der Waals surface area contributed by atoms with Crippen LogP contribution < -0.4 is 0 Å². The molecule has 1 aromatic rings. The number of hydrogen-bond donors (Lipinski definition) is 2. The van der Waals surface area contributed by atoms with Gasteiger partial charge in [-0.25, -0.2) is 14.0 Å². The quantitative estimate of drug-likeness (QED) is 0.592. The highest BCUT2D eigenvalue weighted by Crippen LogP contribution is 2.24. The molecule has 0 radical (unpaired) electrons. The fourth-order valence-corrected chi connectivity index (χ4v) is 1.13. The lowest BCUT2D eigenvalue weighted by Crippen LogP contribution is -2.11. The summed E-state index contributed by atoms with van der Waals surface area (Å²) in [4.78, 5) is 30.6. The summed E-state index contributed by atoms with van der Waals surface area (Å²) in [5.74, 6) is -4.74. The lowest BCUT2D eigenvalue weighted by atomic mass is 10.1. The first-order valence-electron chi connectivity index (χ1n) is 3.79. The van der Waals surface area contributed by atoms with Crippen molar-refractivity contribution in [3.63, 3.8) is 0 Å². The van der Waals surface area contributed by atoms with E-state index in [0.717, 1.165) is 0 Å². The number of rotatable bonds is 3. The van der Waals surface area contributed by atoms with Crippen LogP contribution in [-0.4, -0.2) is 27.1 Å². The maximum absolute atomic E-state index is 12.8. The summed E-state index contributed by atoms with van der Waals surface area (Å²) in [6.07, 6.45) is 0. The summed E-state index contributed by atoms with van der Waals surface area (Å²) < 4.78 is 12.8. The molecule has 1 aromatic carbocycles. The molecule has 0 saturated heterocycles. The summed E-state index contributed by atoms with van der Waals surface area (Å²) in [5.41, 5.74) is -3.09. The molecule has 0 atom stereocenters. The number of carbonyl (C=O) groups is 2. The third kappa shape index (κ3) is 1.95. The van der Waals surface area contributed by atoms with E-state index in [-0.39, 0.29) is 0 Å². The molecule has 0 aliphatic heterocycles. The van der Waals surface area contributed by atoms with E-state index in [1.807, 2.05) is 0 Å². The van der Waals surface area contributed by atoms with Gasteiger partial charge in [0.25, 0.3) is 5.69 Å². The smallest absolute Gasteiger partial charge is 0.343 e. The van der Waals surface area contributed by atoms with Crippen molar-refractivity contribution in [2.24, 2.45) is 0 Å². The van der Waals surface area contributed by atoms with Gasteiger partial charge >= 0.3 is 11.9 Å². The molecule has 16 heavy (non-hydrogen) atoms. The van der Waals surface area contributed by atoms with Crippen molar-refractivity contribution < 1.29 is 29.1 Å². The molecule has 1 rings (SSSR count). The standard InChI is InChI=1S/C8H4FNO6/c9-3-1-4(7(11)12)6(8(13)14)5(2-3)10(15)16/h1-2H,(H,11,12)(H,13,14). The highest BCUT2D eigenvalue weighted by atomic mass is 19.1. The third-order valence-electron chi connectivity index (χ3n) is 1.72. The SMILES string of the molecule is O=C(O)c1cc(F)cc([N+](=O)[O-])c1C(=O)O. The van der Waals surface area contributed by atoms with Crippen molar-refractivity contribution in [3.8, 4) is 0 Å². The Bertz CT molecular complexity index is 462. The van der Waals surface area contributed by atoms with E-state index in [1.54, 1.807) is 0 Å². The minimum Gasteiger partial charge on any atom is -0.478 e. The Kier molecular flexibility index (Phi) is 2.84. The van der Waals surface area contributed by atoms with Crippen LogP contribution in [-0.2, 0) is 0 Å². The van der Waals surface area contributed by atoms with Gasteiger partial charge < -0.3 is 10.2 Å². The summed E-state index contributed by atoms with van der Waals surface area (Å²) in [7, 11) is 0. The molecule has 8 heteroatoms. The molecule has 0 heterocycles. The normalized spacial score (nSPS) is 9.81. The van der Waals surface area contributed by atoms with Crippen LogP contribution in [0, 0.1) is 15.9 Å². The van der Waals surface area contributed by atoms with E-state index < -0.39 is 39.5 Å². The first-order chi connectivity index (χ1) is 7.34. The molecule has 7 nitrogen and oxygen atoms in total. The molecular weight excluding hydrogens is 225 g/mol. The fraction of sp³-hybridized carbons (Fsp3) is 0. The predicted octanol–water partition coefficient (Wildman–Crippen LogP) is 1.13. The van der Waals surface area contributed by atoms with Crippen LogP contribution in [0.1, 0.15) is 20.7 Å². The third-order valence-corrected chi connectivity index (χ3v) is 1.72. The molecule has 0 amide bonds. The number of nitro groups is 1. The maximum Gasteiger partial charge on any atom is 0.343 e. The van der Waals surface area contributed by atoms with Crippen LogP contribution in [0.25, 0.3) is 0 Å². The first-order valence-corrected chi connectivity index (χ1v) is 3.79. The van der Waals surface area contributed by atoms with Gasteiger partial charge in [-0.15, -0.1) is 0 Å². The van der Waals surface area contributed by atoms with Gasteiger partial charge in [-0.2, -0.15) is 0 Å². The van der Waals surface area contributed by atoms with E-state index >= 15 is 0 Å². The zero-order chi connectivity index (χ0) is 12.5. The second-order valence-electron chi connectivity index (χ2n) is 2.71. The van der Waals surface area contributed by atoms with Crippen LogP contribution in [0.2, 0.25) is 0 Å². The van der Waals surface area contributed by atoms with E-state index in [4.69, 9.17) is 10.2 Å². The summed E-state index contributed by atoms with van der Waals surface area (Å²) in [6.45, 7) is 0. The number of hydrogen-bond acceptors (Lipinski definition) is 4. The second kappa shape index (κ2) is 3.93. The molecule has 0 aromatic heterocycles. The molecule has 0 saturated carbocycles. The molecule has 0 unspecified atom stereocenters. The van der Waals surface area contributed by atoms with E-state index in [1.165, 1.54) is 0 Å². The fourth-order valence-electron chi connectivity index (χ4n) is 1.13. The number of benzene rings is 1. The highest BCUT2D eigenvalue weighted by Gasteiger charge is 2.28. The lowest BCUT2D eigenvalue weighted by molar-refractivity contribution is -0.385. The van der Waals surface area contributed by atoms with Gasteiger partial charge in [0.2, 0.25) is 0 Å². The van der Waals surface area contributed by atoms with Crippen molar-refractivity contribution in [2.45, 2.75) is 0 Å². The largest absolute Gasteiger partial charge is 0.478 e. The summed E-state index contributed by atoms with van der Waals surface area (Å²) >= 11 is 0. The van der Waals surface area contributed by atoms with Crippen molar-refractivity contribution in [3.05, 3.63) is 39.2 Å². The van der Waals surface area contributed by atoms with Gasteiger partial charge in [-0.05, 0) is 6.07 Å².